The van der Waals surface area contributed by atoms with Gasteiger partial charge in [-0.3, -0.25) is 0 Å². The van der Waals surface area contributed by atoms with Crippen molar-refractivity contribution in [2.75, 3.05) is 0 Å². The second-order valence-corrected chi connectivity index (χ2v) is 6.56. The summed E-state index contributed by atoms with van der Waals surface area (Å²) in [5, 5.41) is 0. The second kappa shape index (κ2) is 6.20. The van der Waals surface area contributed by atoms with E-state index in [9.17, 15) is 0 Å². The maximum atomic E-state index is 6.23. The smallest absolute Gasteiger partial charge is 0.00818 e. The van der Waals surface area contributed by atoms with Crippen LogP contribution < -0.4 is 5.73 Å². The van der Waals surface area contributed by atoms with Crippen molar-refractivity contribution in [1.29, 1.82) is 0 Å². The third kappa shape index (κ3) is 6.48. The lowest BCUT2D eigenvalue weighted by Crippen LogP contribution is -2.26. The largest absolute Gasteiger partial charge is 0.327 e. The van der Waals surface area contributed by atoms with Gasteiger partial charge in [-0.05, 0) is 36.2 Å². The van der Waals surface area contributed by atoms with E-state index in [1.165, 1.54) is 12.0 Å². The number of nitrogens with two attached hydrogens (primary N) is 1. The first-order valence-electron chi connectivity index (χ1n) is 6.66. The van der Waals surface area contributed by atoms with Gasteiger partial charge in [0.15, 0.2) is 0 Å². The van der Waals surface area contributed by atoms with Crippen molar-refractivity contribution in [2.45, 2.75) is 53.0 Å². The van der Waals surface area contributed by atoms with Gasteiger partial charge in [-0.15, -0.1) is 0 Å². The minimum atomic E-state index is 0.287. The molecule has 0 amide bonds. The van der Waals surface area contributed by atoms with Crippen LogP contribution in [0.3, 0.4) is 0 Å². The van der Waals surface area contributed by atoms with Crippen molar-refractivity contribution in [3.8, 4) is 0 Å². The van der Waals surface area contributed by atoms with Gasteiger partial charge >= 0.3 is 0 Å². The Morgan fingerprint density at radius 2 is 1.71 bits per heavy atom. The first-order valence-corrected chi connectivity index (χ1v) is 6.66. The fraction of sp³-hybridized carbons (Fsp3) is 0.625. The van der Waals surface area contributed by atoms with Crippen LogP contribution in [-0.4, -0.2) is 6.04 Å². The summed E-state index contributed by atoms with van der Waals surface area (Å²) in [7, 11) is 0. The Hall–Kier alpha value is -0.820. The molecule has 1 aromatic carbocycles. The van der Waals surface area contributed by atoms with Crippen LogP contribution >= 0.6 is 0 Å². The lowest BCUT2D eigenvalue weighted by Gasteiger charge is -2.25. The van der Waals surface area contributed by atoms with E-state index in [4.69, 9.17) is 5.73 Å². The molecule has 17 heavy (non-hydrogen) atoms. The average molecular weight is 233 g/mol. The molecule has 0 aromatic heterocycles. The van der Waals surface area contributed by atoms with E-state index < -0.39 is 0 Å². The highest BCUT2D eigenvalue weighted by molar-refractivity contribution is 5.15. The lowest BCUT2D eigenvalue weighted by molar-refractivity contribution is 0.285. The Morgan fingerprint density at radius 3 is 2.24 bits per heavy atom. The molecule has 0 bridgehead atoms. The van der Waals surface area contributed by atoms with Crippen LogP contribution in [0.5, 0.6) is 0 Å². The van der Waals surface area contributed by atoms with Gasteiger partial charge in [0.1, 0.15) is 0 Å². The normalized spacial score (nSPS) is 15.6. The molecule has 0 saturated carbocycles. The molecular formula is C16H27N. The summed E-state index contributed by atoms with van der Waals surface area (Å²) < 4.78 is 0. The Bertz CT molecular complexity index is 310. The molecule has 1 aromatic rings. The summed E-state index contributed by atoms with van der Waals surface area (Å²) in [5.41, 5.74) is 7.98. The predicted molar refractivity (Wildman–Crippen MR) is 76.0 cm³/mol. The van der Waals surface area contributed by atoms with Crippen LogP contribution in [0.2, 0.25) is 0 Å². The van der Waals surface area contributed by atoms with Gasteiger partial charge in [0, 0.05) is 6.04 Å². The van der Waals surface area contributed by atoms with E-state index in [1.54, 1.807) is 0 Å². The van der Waals surface area contributed by atoms with Gasteiger partial charge in [-0.2, -0.15) is 0 Å². The summed E-state index contributed by atoms with van der Waals surface area (Å²) in [4.78, 5) is 0. The van der Waals surface area contributed by atoms with Gasteiger partial charge in [0.05, 0.1) is 0 Å². The third-order valence-corrected chi connectivity index (χ3v) is 3.01. The van der Waals surface area contributed by atoms with Crippen LogP contribution in [0.1, 0.15) is 46.1 Å². The molecule has 0 aliphatic heterocycles. The Morgan fingerprint density at radius 1 is 1.12 bits per heavy atom. The fourth-order valence-corrected chi connectivity index (χ4v) is 2.65. The Kier molecular flexibility index (Phi) is 5.20. The molecule has 0 radical (unpaired) electrons. The number of rotatable bonds is 5. The highest BCUT2D eigenvalue weighted by Gasteiger charge is 2.17. The molecule has 1 heteroatoms. The third-order valence-electron chi connectivity index (χ3n) is 3.01. The van der Waals surface area contributed by atoms with Gasteiger partial charge < -0.3 is 5.73 Å². The molecule has 0 aliphatic rings. The lowest BCUT2D eigenvalue weighted by atomic mass is 9.82. The summed E-state index contributed by atoms with van der Waals surface area (Å²) in [6.45, 7) is 9.21. The van der Waals surface area contributed by atoms with Crippen molar-refractivity contribution in [3.63, 3.8) is 0 Å². The SMILES string of the molecule is CC(CC(N)Cc1ccccc1)CC(C)(C)C. The number of benzene rings is 1. The fourth-order valence-electron chi connectivity index (χ4n) is 2.65. The van der Waals surface area contributed by atoms with Gasteiger partial charge in [-0.1, -0.05) is 58.0 Å². The zero-order chi connectivity index (χ0) is 12.9. The van der Waals surface area contributed by atoms with E-state index in [1.807, 2.05) is 0 Å². The molecule has 2 atom stereocenters. The number of hydrogen-bond acceptors (Lipinski definition) is 1. The highest BCUT2D eigenvalue weighted by atomic mass is 14.6. The van der Waals surface area contributed by atoms with E-state index in [-0.39, 0.29) is 6.04 Å². The van der Waals surface area contributed by atoms with E-state index in [0.717, 1.165) is 12.8 Å². The highest BCUT2D eigenvalue weighted by Crippen LogP contribution is 2.26. The maximum Gasteiger partial charge on any atom is 0.00818 e. The monoisotopic (exact) mass is 233 g/mol. The molecule has 0 heterocycles. The molecule has 96 valence electrons. The van der Waals surface area contributed by atoms with Crippen LogP contribution in [0.25, 0.3) is 0 Å². The van der Waals surface area contributed by atoms with Crippen molar-refractivity contribution >= 4 is 0 Å². The predicted octanol–water partition coefficient (Wildman–Crippen LogP) is 4.02. The molecule has 0 spiro atoms. The van der Waals surface area contributed by atoms with Gasteiger partial charge in [-0.25, -0.2) is 0 Å². The van der Waals surface area contributed by atoms with E-state index in [2.05, 4.69) is 58.0 Å². The minimum Gasteiger partial charge on any atom is -0.327 e. The van der Waals surface area contributed by atoms with Crippen LogP contribution in [0.15, 0.2) is 30.3 Å². The van der Waals surface area contributed by atoms with Crippen LogP contribution in [-0.2, 0) is 6.42 Å². The summed E-state index contributed by atoms with van der Waals surface area (Å²) in [5.74, 6) is 0.703. The maximum absolute atomic E-state index is 6.23. The van der Waals surface area contributed by atoms with Crippen LogP contribution in [0.4, 0.5) is 0 Å². The van der Waals surface area contributed by atoms with Crippen molar-refractivity contribution in [2.24, 2.45) is 17.1 Å². The van der Waals surface area contributed by atoms with E-state index in [0.29, 0.717) is 11.3 Å². The zero-order valence-corrected chi connectivity index (χ0v) is 11.7. The van der Waals surface area contributed by atoms with Gasteiger partial charge in [0.2, 0.25) is 0 Å². The molecule has 2 unspecified atom stereocenters. The van der Waals surface area contributed by atoms with Gasteiger partial charge in [0.25, 0.3) is 0 Å². The first kappa shape index (κ1) is 14.2. The molecule has 0 fully saturated rings. The van der Waals surface area contributed by atoms with E-state index >= 15 is 0 Å². The standard InChI is InChI=1S/C16H27N/c1-13(12-16(2,3)4)10-15(17)11-14-8-6-5-7-9-14/h5-9,13,15H,10-12,17H2,1-4H3. The average Bonchev–Trinajstić information content (AvgIpc) is 2.15. The molecule has 1 nitrogen and oxygen atoms in total. The molecule has 0 aliphatic carbocycles. The van der Waals surface area contributed by atoms with Crippen molar-refractivity contribution in [3.05, 3.63) is 35.9 Å². The summed E-state index contributed by atoms with van der Waals surface area (Å²) >= 11 is 0. The first-order chi connectivity index (χ1) is 7.87. The summed E-state index contributed by atoms with van der Waals surface area (Å²) in [6, 6.07) is 10.8. The summed E-state index contributed by atoms with van der Waals surface area (Å²) in [6.07, 6.45) is 3.36. The number of hydrogen-bond donors (Lipinski definition) is 1. The zero-order valence-electron chi connectivity index (χ0n) is 11.7. The topological polar surface area (TPSA) is 26.0 Å². The Balaban J connectivity index is 2.37. The molecular weight excluding hydrogens is 206 g/mol. The minimum absolute atomic E-state index is 0.287. The molecule has 2 N–H and O–H groups in total. The second-order valence-electron chi connectivity index (χ2n) is 6.56. The molecule has 1 rings (SSSR count). The van der Waals surface area contributed by atoms with Crippen molar-refractivity contribution in [1.82, 2.24) is 0 Å². The van der Waals surface area contributed by atoms with Crippen molar-refractivity contribution < 1.29 is 0 Å². The van der Waals surface area contributed by atoms with Crippen LogP contribution in [0, 0.1) is 11.3 Å². The quantitative estimate of drug-likeness (QED) is 0.816. The Labute approximate surface area is 106 Å². The molecule has 0 saturated heterocycles.